The second-order valence-corrected chi connectivity index (χ2v) is 6.50. The topological polar surface area (TPSA) is 95.5 Å². The Balaban J connectivity index is 2.13. The first-order valence-corrected chi connectivity index (χ1v) is 8.46. The van der Waals surface area contributed by atoms with Crippen molar-refractivity contribution in [2.24, 2.45) is 5.92 Å². The highest BCUT2D eigenvalue weighted by atomic mass is 19.1. The molecule has 0 aliphatic heterocycles. The molecule has 1 atom stereocenters. The van der Waals surface area contributed by atoms with Gasteiger partial charge in [-0.25, -0.2) is 9.18 Å². The van der Waals surface area contributed by atoms with Crippen molar-refractivity contribution in [2.45, 2.75) is 26.3 Å². The van der Waals surface area contributed by atoms with Crippen LogP contribution >= 0.6 is 0 Å². The van der Waals surface area contributed by atoms with Crippen LogP contribution in [0, 0.1) is 11.7 Å². The number of nitrogens with one attached hydrogen (secondary N) is 2. The number of carboxylic acids is 1. The van der Waals surface area contributed by atoms with E-state index in [2.05, 4.69) is 10.6 Å². The molecule has 0 aliphatic carbocycles. The molecule has 7 heteroatoms. The van der Waals surface area contributed by atoms with Crippen molar-refractivity contribution in [3.63, 3.8) is 0 Å². The number of carbonyl (C=O) groups is 3. The maximum absolute atomic E-state index is 14.2. The largest absolute Gasteiger partial charge is 0.479 e. The second kappa shape index (κ2) is 8.93. The van der Waals surface area contributed by atoms with Gasteiger partial charge in [-0.3, -0.25) is 9.59 Å². The molecule has 3 N–H and O–H groups in total. The van der Waals surface area contributed by atoms with Gasteiger partial charge in [0.25, 0.3) is 5.91 Å². The summed E-state index contributed by atoms with van der Waals surface area (Å²) in [4.78, 5) is 35.5. The van der Waals surface area contributed by atoms with E-state index >= 15 is 0 Å². The SMILES string of the molecule is CC(C)CC(=O)Nc1ccc(C(=O)N[C@H](C(=O)O)c2ccccc2)cc1F. The maximum Gasteiger partial charge on any atom is 0.330 e. The molecular formula is C20H21FN2O4. The first kappa shape index (κ1) is 20.1. The quantitative estimate of drug-likeness (QED) is 0.694. The van der Waals surface area contributed by atoms with Crippen molar-refractivity contribution in [3.8, 4) is 0 Å². The molecule has 0 saturated carbocycles. The van der Waals surface area contributed by atoms with Gasteiger partial charge in [0.1, 0.15) is 5.82 Å². The second-order valence-electron chi connectivity index (χ2n) is 6.50. The predicted octanol–water partition coefficient (Wildman–Crippen LogP) is 3.37. The molecule has 0 unspecified atom stereocenters. The molecule has 0 radical (unpaired) electrons. The standard InChI is InChI=1S/C20H21FN2O4/c1-12(2)10-17(24)22-16-9-8-14(11-15(16)21)19(25)23-18(20(26)27)13-6-4-3-5-7-13/h3-9,11-12,18H,10H2,1-2H3,(H,22,24)(H,23,25)(H,26,27)/t18-/m0/s1. The molecule has 0 heterocycles. The fraction of sp³-hybridized carbons (Fsp3) is 0.250. The van der Waals surface area contributed by atoms with E-state index in [0.29, 0.717) is 5.56 Å². The lowest BCUT2D eigenvalue weighted by Crippen LogP contribution is -2.33. The average Bonchev–Trinajstić information content (AvgIpc) is 2.61. The van der Waals surface area contributed by atoms with E-state index in [1.807, 2.05) is 13.8 Å². The van der Waals surface area contributed by atoms with Crippen molar-refractivity contribution >= 4 is 23.5 Å². The van der Waals surface area contributed by atoms with E-state index in [9.17, 15) is 23.9 Å². The number of aliphatic carboxylic acids is 1. The van der Waals surface area contributed by atoms with E-state index < -0.39 is 23.7 Å². The zero-order chi connectivity index (χ0) is 20.0. The van der Waals surface area contributed by atoms with Gasteiger partial charge < -0.3 is 15.7 Å². The summed E-state index contributed by atoms with van der Waals surface area (Å²) >= 11 is 0. The van der Waals surface area contributed by atoms with E-state index in [-0.39, 0.29) is 29.5 Å². The summed E-state index contributed by atoms with van der Waals surface area (Å²) in [6.07, 6.45) is 0.249. The molecule has 2 aromatic carbocycles. The average molecular weight is 372 g/mol. The molecule has 0 aliphatic rings. The number of carboxylic acid groups (broad SMARTS) is 1. The minimum Gasteiger partial charge on any atom is -0.479 e. The van der Waals surface area contributed by atoms with Gasteiger partial charge >= 0.3 is 5.97 Å². The minimum absolute atomic E-state index is 0.0324. The normalized spacial score (nSPS) is 11.7. The van der Waals surface area contributed by atoms with Crippen LogP contribution in [-0.2, 0) is 9.59 Å². The van der Waals surface area contributed by atoms with Crippen LogP contribution in [0.1, 0.15) is 42.2 Å². The number of anilines is 1. The van der Waals surface area contributed by atoms with Crippen LogP contribution in [0.5, 0.6) is 0 Å². The lowest BCUT2D eigenvalue weighted by molar-refractivity contribution is -0.139. The maximum atomic E-state index is 14.2. The van der Waals surface area contributed by atoms with Crippen LogP contribution in [0.4, 0.5) is 10.1 Å². The summed E-state index contributed by atoms with van der Waals surface area (Å²) in [6, 6.07) is 10.5. The summed E-state index contributed by atoms with van der Waals surface area (Å²) in [6.45, 7) is 3.74. The number of hydrogen-bond donors (Lipinski definition) is 3. The van der Waals surface area contributed by atoms with E-state index in [4.69, 9.17) is 0 Å². The Morgan fingerprint density at radius 2 is 1.74 bits per heavy atom. The third-order valence-electron chi connectivity index (χ3n) is 3.75. The van der Waals surface area contributed by atoms with Crippen LogP contribution in [0.15, 0.2) is 48.5 Å². The highest BCUT2D eigenvalue weighted by molar-refractivity contribution is 5.98. The Morgan fingerprint density at radius 3 is 2.30 bits per heavy atom. The highest BCUT2D eigenvalue weighted by Crippen LogP contribution is 2.18. The summed E-state index contributed by atoms with van der Waals surface area (Å²) < 4.78 is 14.2. The molecule has 6 nitrogen and oxygen atoms in total. The van der Waals surface area contributed by atoms with Gasteiger partial charge in [-0.15, -0.1) is 0 Å². The molecule has 0 fully saturated rings. The van der Waals surface area contributed by atoms with Gasteiger partial charge in [0.2, 0.25) is 5.91 Å². The number of carbonyl (C=O) groups excluding carboxylic acids is 2. The molecule has 27 heavy (non-hydrogen) atoms. The van der Waals surface area contributed by atoms with Gasteiger partial charge in [0.05, 0.1) is 5.69 Å². The van der Waals surface area contributed by atoms with E-state index in [1.165, 1.54) is 12.1 Å². The van der Waals surface area contributed by atoms with Crippen LogP contribution in [-0.4, -0.2) is 22.9 Å². The number of halogens is 1. The fourth-order valence-electron chi connectivity index (χ4n) is 2.48. The minimum atomic E-state index is -1.26. The zero-order valence-electron chi connectivity index (χ0n) is 15.0. The lowest BCUT2D eigenvalue weighted by atomic mass is 10.1. The number of rotatable bonds is 7. The third-order valence-corrected chi connectivity index (χ3v) is 3.75. The zero-order valence-corrected chi connectivity index (χ0v) is 15.0. The molecule has 2 amide bonds. The summed E-state index contributed by atoms with van der Waals surface area (Å²) in [5.41, 5.74) is 0.322. The molecule has 0 aromatic heterocycles. The van der Waals surface area contributed by atoms with E-state index in [1.54, 1.807) is 30.3 Å². The first-order chi connectivity index (χ1) is 12.8. The molecular weight excluding hydrogens is 351 g/mol. The Labute approximate surface area is 156 Å². The van der Waals surface area contributed by atoms with E-state index in [0.717, 1.165) is 6.07 Å². The number of benzene rings is 2. The summed E-state index contributed by atoms with van der Waals surface area (Å²) in [5, 5.41) is 14.2. The number of amides is 2. The summed E-state index contributed by atoms with van der Waals surface area (Å²) in [7, 11) is 0. The number of hydrogen-bond acceptors (Lipinski definition) is 3. The predicted molar refractivity (Wildman–Crippen MR) is 98.8 cm³/mol. The molecule has 2 aromatic rings. The van der Waals surface area contributed by atoms with Crippen molar-refractivity contribution in [2.75, 3.05) is 5.32 Å². The van der Waals surface area contributed by atoms with Gasteiger partial charge in [-0.1, -0.05) is 44.2 Å². The van der Waals surface area contributed by atoms with Crippen LogP contribution < -0.4 is 10.6 Å². The molecule has 0 saturated heterocycles. The smallest absolute Gasteiger partial charge is 0.330 e. The lowest BCUT2D eigenvalue weighted by Gasteiger charge is -2.15. The molecule has 142 valence electrons. The Kier molecular flexibility index (Phi) is 6.65. The van der Waals surface area contributed by atoms with Gasteiger partial charge in [0.15, 0.2) is 6.04 Å². The van der Waals surface area contributed by atoms with Gasteiger partial charge in [-0.2, -0.15) is 0 Å². The van der Waals surface area contributed by atoms with Crippen molar-refractivity contribution < 1.29 is 23.9 Å². The highest BCUT2D eigenvalue weighted by Gasteiger charge is 2.23. The Morgan fingerprint density at radius 1 is 1.07 bits per heavy atom. The van der Waals surface area contributed by atoms with Gasteiger partial charge in [0, 0.05) is 12.0 Å². The van der Waals surface area contributed by atoms with Gasteiger partial charge in [-0.05, 0) is 29.7 Å². The van der Waals surface area contributed by atoms with Crippen LogP contribution in [0.3, 0.4) is 0 Å². The first-order valence-electron chi connectivity index (χ1n) is 8.46. The Hall–Kier alpha value is -3.22. The van der Waals surface area contributed by atoms with Crippen LogP contribution in [0.2, 0.25) is 0 Å². The monoisotopic (exact) mass is 372 g/mol. The summed E-state index contributed by atoms with van der Waals surface area (Å²) in [5.74, 6) is -2.93. The van der Waals surface area contributed by atoms with Crippen molar-refractivity contribution in [3.05, 3.63) is 65.5 Å². The molecule has 0 spiro atoms. The fourth-order valence-corrected chi connectivity index (χ4v) is 2.48. The van der Waals surface area contributed by atoms with Crippen LogP contribution in [0.25, 0.3) is 0 Å². The van der Waals surface area contributed by atoms with Crippen molar-refractivity contribution in [1.29, 1.82) is 0 Å². The molecule has 0 bridgehead atoms. The third kappa shape index (κ3) is 5.64. The Bertz CT molecular complexity index is 837. The molecule has 2 rings (SSSR count). The van der Waals surface area contributed by atoms with Crippen molar-refractivity contribution in [1.82, 2.24) is 5.32 Å².